The number of ether oxygens (including phenoxy) is 1. The Kier molecular flexibility index (Phi) is 6.76. The smallest absolute Gasteiger partial charge is 0.356 e. The Bertz CT molecular complexity index is 1510. The second-order valence-corrected chi connectivity index (χ2v) is 8.93. The van der Waals surface area contributed by atoms with Crippen LogP contribution in [0.2, 0.25) is 5.02 Å². The highest BCUT2D eigenvalue weighted by atomic mass is 35.5. The van der Waals surface area contributed by atoms with E-state index in [4.69, 9.17) is 16.3 Å². The van der Waals surface area contributed by atoms with Crippen molar-refractivity contribution in [2.45, 2.75) is 26.9 Å². The van der Waals surface area contributed by atoms with E-state index < -0.39 is 18.0 Å². The predicted molar refractivity (Wildman–Crippen MR) is 139 cm³/mol. The first-order valence-corrected chi connectivity index (χ1v) is 11.5. The third-order valence-corrected chi connectivity index (χ3v) is 6.17. The Hall–Kier alpha value is -3.90. The van der Waals surface area contributed by atoms with E-state index in [2.05, 4.69) is 5.32 Å². The Labute approximate surface area is 208 Å². The number of aromatic nitrogens is 1. The first-order valence-electron chi connectivity index (χ1n) is 11.1. The average molecular weight is 489 g/mol. The molecular weight excluding hydrogens is 464 g/mol. The van der Waals surface area contributed by atoms with Gasteiger partial charge in [0, 0.05) is 28.7 Å². The summed E-state index contributed by atoms with van der Waals surface area (Å²) in [7, 11) is 1.52. The third kappa shape index (κ3) is 4.84. The Morgan fingerprint density at radius 2 is 1.63 bits per heavy atom. The van der Waals surface area contributed by atoms with Crippen molar-refractivity contribution in [1.82, 2.24) is 4.57 Å². The van der Waals surface area contributed by atoms with E-state index in [0.717, 1.165) is 11.1 Å². The summed E-state index contributed by atoms with van der Waals surface area (Å²) in [5.74, 6) is -1.24. The number of rotatable bonds is 5. The highest BCUT2D eigenvalue weighted by molar-refractivity contribution is 6.30. The van der Waals surface area contributed by atoms with Gasteiger partial charge in [-0.15, -0.1) is 0 Å². The number of hydrogen-bond donors (Lipinski definition) is 1. The molecule has 1 unspecified atom stereocenters. The molecule has 0 aliphatic heterocycles. The number of benzene rings is 3. The SMILES string of the molecule is Cc1ccc(NC(=O)C(C)OC(=O)c2c(-c3ccc(Cl)cc3)c3ccccc3c(=O)n2C)c(C)c1. The first-order chi connectivity index (χ1) is 16.7. The maximum atomic E-state index is 13.4. The maximum absolute atomic E-state index is 13.4. The van der Waals surface area contributed by atoms with Gasteiger partial charge in [0.15, 0.2) is 6.10 Å². The van der Waals surface area contributed by atoms with Gasteiger partial charge >= 0.3 is 5.97 Å². The van der Waals surface area contributed by atoms with Crippen LogP contribution in [0.1, 0.15) is 28.5 Å². The number of nitrogens with zero attached hydrogens (tertiary/aromatic N) is 1. The highest BCUT2D eigenvalue weighted by Crippen LogP contribution is 2.32. The quantitative estimate of drug-likeness (QED) is 0.368. The number of halogens is 1. The molecule has 1 atom stereocenters. The van der Waals surface area contributed by atoms with Crippen LogP contribution in [-0.4, -0.2) is 22.5 Å². The summed E-state index contributed by atoms with van der Waals surface area (Å²) in [5.41, 5.74) is 3.57. The van der Waals surface area contributed by atoms with Gasteiger partial charge in [-0.2, -0.15) is 0 Å². The minimum Gasteiger partial charge on any atom is -0.448 e. The zero-order valence-electron chi connectivity index (χ0n) is 19.9. The molecule has 0 saturated carbocycles. The molecule has 1 amide bonds. The molecule has 0 spiro atoms. The van der Waals surface area contributed by atoms with Crippen LogP contribution in [0.15, 0.2) is 71.5 Å². The van der Waals surface area contributed by atoms with Gasteiger partial charge in [0.1, 0.15) is 5.69 Å². The largest absolute Gasteiger partial charge is 0.448 e. The number of amides is 1. The maximum Gasteiger partial charge on any atom is 0.356 e. The molecule has 6 nitrogen and oxygen atoms in total. The number of aryl methyl sites for hydroxylation is 2. The molecule has 3 aromatic carbocycles. The summed E-state index contributed by atoms with van der Waals surface area (Å²) in [4.78, 5) is 39.3. The lowest BCUT2D eigenvalue weighted by Gasteiger charge is -2.19. The minimum atomic E-state index is -1.09. The number of pyridine rings is 1. The van der Waals surface area contributed by atoms with E-state index in [1.54, 1.807) is 48.5 Å². The van der Waals surface area contributed by atoms with Crippen LogP contribution in [0.25, 0.3) is 21.9 Å². The summed E-state index contributed by atoms with van der Waals surface area (Å²) in [6.45, 7) is 5.36. The average Bonchev–Trinajstić information content (AvgIpc) is 2.83. The van der Waals surface area contributed by atoms with Crippen LogP contribution in [0, 0.1) is 13.8 Å². The van der Waals surface area contributed by atoms with Gasteiger partial charge in [-0.1, -0.05) is 59.6 Å². The summed E-state index contributed by atoms with van der Waals surface area (Å²) < 4.78 is 6.84. The lowest BCUT2D eigenvalue weighted by Crippen LogP contribution is -2.33. The molecule has 35 heavy (non-hydrogen) atoms. The van der Waals surface area contributed by atoms with Crippen molar-refractivity contribution in [3.8, 4) is 11.1 Å². The van der Waals surface area contributed by atoms with Gasteiger partial charge in [0.2, 0.25) is 0 Å². The molecule has 1 heterocycles. The minimum absolute atomic E-state index is 0.0576. The van der Waals surface area contributed by atoms with Crippen molar-refractivity contribution in [3.05, 3.63) is 98.9 Å². The number of carbonyl (C=O) groups excluding carboxylic acids is 2. The van der Waals surface area contributed by atoms with Crippen LogP contribution in [0.4, 0.5) is 5.69 Å². The number of anilines is 1. The monoisotopic (exact) mass is 488 g/mol. The normalized spacial score (nSPS) is 11.8. The zero-order chi connectivity index (χ0) is 25.3. The second kappa shape index (κ2) is 9.76. The van der Waals surface area contributed by atoms with Crippen molar-refractivity contribution < 1.29 is 14.3 Å². The van der Waals surface area contributed by atoms with Gasteiger partial charge in [-0.05, 0) is 61.5 Å². The fourth-order valence-corrected chi connectivity index (χ4v) is 4.20. The van der Waals surface area contributed by atoms with Gasteiger partial charge in [0.25, 0.3) is 11.5 Å². The van der Waals surface area contributed by atoms with Crippen LogP contribution >= 0.6 is 11.6 Å². The van der Waals surface area contributed by atoms with E-state index in [0.29, 0.717) is 32.6 Å². The zero-order valence-corrected chi connectivity index (χ0v) is 20.6. The lowest BCUT2D eigenvalue weighted by atomic mass is 9.96. The second-order valence-electron chi connectivity index (χ2n) is 8.50. The fourth-order valence-electron chi connectivity index (χ4n) is 4.07. The molecule has 178 valence electrons. The van der Waals surface area contributed by atoms with Crippen LogP contribution in [-0.2, 0) is 16.6 Å². The molecule has 0 bridgehead atoms. The van der Waals surface area contributed by atoms with Crippen molar-refractivity contribution in [2.24, 2.45) is 7.05 Å². The molecule has 0 radical (unpaired) electrons. The predicted octanol–water partition coefficient (Wildman–Crippen LogP) is 5.66. The van der Waals surface area contributed by atoms with Crippen LogP contribution in [0.3, 0.4) is 0 Å². The van der Waals surface area contributed by atoms with E-state index in [-0.39, 0.29) is 11.3 Å². The summed E-state index contributed by atoms with van der Waals surface area (Å²) in [6, 6.07) is 19.7. The number of nitrogens with one attached hydrogen (secondary N) is 1. The number of fused-ring (bicyclic) bond motifs is 1. The molecule has 0 saturated heterocycles. The summed E-state index contributed by atoms with van der Waals surface area (Å²) in [5, 5.41) is 4.43. The molecule has 1 aromatic heterocycles. The Morgan fingerprint density at radius 3 is 2.29 bits per heavy atom. The lowest BCUT2D eigenvalue weighted by molar-refractivity contribution is -0.123. The van der Waals surface area contributed by atoms with Gasteiger partial charge in [-0.25, -0.2) is 4.79 Å². The highest BCUT2D eigenvalue weighted by Gasteiger charge is 2.26. The van der Waals surface area contributed by atoms with Crippen molar-refractivity contribution in [3.63, 3.8) is 0 Å². The molecule has 4 aromatic rings. The third-order valence-electron chi connectivity index (χ3n) is 5.92. The number of esters is 1. The standard InChI is InChI=1S/C28H25ClN2O4/c1-16-9-14-23(17(2)15-16)30-26(32)18(3)35-28(34)25-24(19-10-12-20(29)13-11-19)21-7-5-6-8-22(21)27(33)31(25)4/h5-15,18H,1-4H3,(H,30,32). The first kappa shape index (κ1) is 24.2. The summed E-state index contributed by atoms with van der Waals surface area (Å²) >= 11 is 6.07. The topological polar surface area (TPSA) is 77.4 Å². The van der Waals surface area contributed by atoms with E-state index in [9.17, 15) is 14.4 Å². The summed E-state index contributed by atoms with van der Waals surface area (Å²) in [6.07, 6.45) is -1.09. The molecular formula is C28H25ClN2O4. The molecule has 0 aliphatic carbocycles. The van der Waals surface area contributed by atoms with E-state index in [1.165, 1.54) is 18.5 Å². The van der Waals surface area contributed by atoms with E-state index >= 15 is 0 Å². The van der Waals surface area contributed by atoms with Crippen LogP contribution < -0.4 is 10.9 Å². The van der Waals surface area contributed by atoms with Gasteiger partial charge in [-0.3, -0.25) is 9.59 Å². The Morgan fingerprint density at radius 1 is 0.971 bits per heavy atom. The van der Waals surface area contributed by atoms with E-state index in [1.807, 2.05) is 32.0 Å². The van der Waals surface area contributed by atoms with Crippen molar-refractivity contribution >= 4 is 39.9 Å². The fraction of sp³-hybridized carbons (Fsp3) is 0.179. The number of hydrogen-bond acceptors (Lipinski definition) is 4. The molecule has 0 fully saturated rings. The molecule has 0 aliphatic rings. The molecule has 7 heteroatoms. The van der Waals surface area contributed by atoms with Crippen molar-refractivity contribution in [1.29, 1.82) is 0 Å². The molecule has 4 rings (SSSR count). The van der Waals surface area contributed by atoms with Gasteiger partial charge < -0.3 is 14.6 Å². The number of carbonyl (C=O) groups is 2. The van der Waals surface area contributed by atoms with Crippen LogP contribution in [0.5, 0.6) is 0 Å². The Balaban J connectivity index is 1.73. The molecule has 1 N–H and O–H groups in total. The van der Waals surface area contributed by atoms with Gasteiger partial charge in [0.05, 0.1) is 0 Å². The van der Waals surface area contributed by atoms with Crippen molar-refractivity contribution in [2.75, 3.05) is 5.32 Å².